The summed E-state index contributed by atoms with van der Waals surface area (Å²) in [4.78, 5) is 40.4. The van der Waals surface area contributed by atoms with Gasteiger partial charge in [-0.3, -0.25) is 9.59 Å². The van der Waals surface area contributed by atoms with E-state index in [1.165, 1.54) is 43.8 Å². The van der Waals surface area contributed by atoms with Gasteiger partial charge in [-0.1, -0.05) is 6.42 Å². The first-order valence-corrected chi connectivity index (χ1v) is 11.7. The second-order valence-electron chi connectivity index (χ2n) is 8.05. The number of aryl methyl sites for hydroxylation is 1. The Morgan fingerprint density at radius 3 is 2.76 bits per heavy atom. The standard InChI is InChI=1S/C24H26N2O6S/c1-14-15-12-17(31-2)21(28)16(13-27)22(15)32-24(30)20(14)18-6-7-19(33-18)23(29)25-8-11-26-9-4-3-5-10-26/h6-7,12-13,28H,3-5,8-11H2,1-2H3,(H,25,29). The lowest BCUT2D eigenvalue weighted by Crippen LogP contribution is -2.37. The van der Waals surface area contributed by atoms with Gasteiger partial charge in [0.25, 0.3) is 5.91 Å². The number of phenolic OH excluding ortho intramolecular Hbond substituents is 1. The third-order valence-electron chi connectivity index (χ3n) is 6.01. The summed E-state index contributed by atoms with van der Waals surface area (Å²) in [6, 6.07) is 4.93. The van der Waals surface area contributed by atoms with Gasteiger partial charge in [0.15, 0.2) is 23.4 Å². The first-order valence-electron chi connectivity index (χ1n) is 10.9. The molecule has 0 bridgehead atoms. The fourth-order valence-corrected chi connectivity index (χ4v) is 5.23. The molecule has 0 aliphatic carbocycles. The van der Waals surface area contributed by atoms with Crippen molar-refractivity contribution in [2.45, 2.75) is 26.2 Å². The topological polar surface area (TPSA) is 109 Å². The molecule has 174 valence electrons. The van der Waals surface area contributed by atoms with Crippen molar-refractivity contribution in [2.24, 2.45) is 0 Å². The molecular formula is C24H26N2O6S. The largest absolute Gasteiger partial charge is 0.504 e. The van der Waals surface area contributed by atoms with Crippen molar-refractivity contribution < 1.29 is 23.8 Å². The maximum absolute atomic E-state index is 12.8. The quantitative estimate of drug-likeness (QED) is 0.401. The summed E-state index contributed by atoms with van der Waals surface area (Å²) in [6.45, 7) is 5.28. The number of aldehydes is 1. The molecule has 0 atom stereocenters. The summed E-state index contributed by atoms with van der Waals surface area (Å²) in [5, 5.41) is 13.6. The second-order valence-corrected chi connectivity index (χ2v) is 9.13. The van der Waals surface area contributed by atoms with Crippen LogP contribution >= 0.6 is 11.3 Å². The Morgan fingerprint density at radius 1 is 1.30 bits per heavy atom. The molecule has 4 rings (SSSR count). The van der Waals surface area contributed by atoms with E-state index in [9.17, 15) is 19.5 Å². The first-order chi connectivity index (χ1) is 15.9. The Balaban J connectivity index is 1.60. The normalized spacial score (nSPS) is 14.4. The minimum atomic E-state index is -0.647. The van der Waals surface area contributed by atoms with Gasteiger partial charge in [-0.05, 0) is 56.6 Å². The van der Waals surface area contributed by atoms with Gasteiger partial charge < -0.3 is 24.5 Å². The summed E-state index contributed by atoms with van der Waals surface area (Å²) in [6.07, 6.45) is 4.11. The fourth-order valence-electron chi connectivity index (χ4n) is 4.21. The first kappa shape index (κ1) is 23.0. The number of rotatable bonds is 7. The van der Waals surface area contributed by atoms with Gasteiger partial charge >= 0.3 is 5.63 Å². The monoisotopic (exact) mass is 470 g/mol. The highest BCUT2D eigenvalue weighted by Crippen LogP contribution is 2.39. The summed E-state index contributed by atoms with van der Waals surface area (Å²) in [5.41, 5.74) is 0.0930. The van der Waals surface area contributed by atoms with Crippen LogP contribution in [0, 0.1) is 6.92 Å². The van der Waals surface area contributed by atoms with Crippen LogP contribution < -0.4 is 15.7 Å². The van der Waals surface area contributed by atoms with Gasteiger partial charge in [0.05, 0.1) is 17.6 Å². The summed E-state index contributed by atoms with van der Waals surface area (Å²) < 4.78 is 10.6. The van der Waals surface area contributed by atoms with E-state index in [2.05, 4.69) is 10.2 Å². The fraction of sp³-hybridized carbons (Fsp3) is 0.375. The van der Waals surface area contributed by atoms with E-state index >= 15 is 0 Å². The Kier molecular flexibility index (Phi) is 6.80. The maximum Gasteiger partial charge on any atom is 0.345 e. The van der Waals surface area contributed by atoms with Crippen LogP contribution in [0.2, 0.25) is 0 Å². The van der Waals surface area contributed by atoms with Crippen molar-refractivity contribution in [2.75, 3.05) is 33.3 Å². The number of phenols is 1. The highest BCUT2D eigenvalue weighted by molar-refractivity contribution is 7.17. The van der Waals surface area contributed by atoms with Crippen molar-refractivity contribution >= 4 is 34.5 Å². The third-order valence-corrected chi connectivity index (χ3v) is 7.11. The number of ether oxygens (including phenoxy) is 1. The summed E-state index contributed by atoms with van der Waals surface area (Å²) in [5.74, 6) is -0.455. The van der Waals surface area contributed by atoms with E-state index in [1.807, 2.05) is 0 Å². The molecule has 3 heterocycles. The summed E-state index contributed by atoms with van der Waals surface area (Å²) >= 11 is 1.20. The van der Waals surface area contributed by atoms with Crippen LogP contribution in [0.4, 0.5) is 0 Å². The van der Waals surface area contributed by atoms with Crippen LogP contribution in [0.3, 0.4) is 0 Å². The molecule has 1 amide bonds. The van der Waals surface area contributed by atoms with Crippen molar-refractivity contribution in [1.29, 1.82) is 0 Å². The molecule has 33 heavy (non-hydrogen) atoms. The number of amides is 1. The zero-order valence-corrected chi connectivity index (χ0v) is 19.4. The number of aromatic hydroxyl groups is 1. The number of methoxy groups -OCH3 is 1. The number of fused-ring (bicyclic) bond motifs is 1. The second kappa shape index (κ2) is 9.76. The van der Waals surface area contributed by atoms with E-state index in [1.54, 1.807) is 19.1 Å². The number of hydrogen-bond acceptors (Lipinski definition) is 8. The van der Waals surface area contributed by atoms with E-state index < -0.39 is 5.63 Å². The minimum absolute atomic E-state index is 0.00165. The van der Waals surface area contributed by atoms with Crippen LogP contribution in [-0.2, 0) is 0 Å². The third kappa shape index (κ3) is 4.51. The van der Waals surface area contributed by atoms with Crippen LogP contribution in [0.15, 0.2) is 27.4 Å². The SMILES string of the molecule is COc1cc2c(C)c(-c3ccc(C(=O)NCCN4CCCCC4)s3)c(=O)oc2c(C=O)c1O. The van der Waals surface area contributed by atoms with Gasteiger partial charge in [0.1, 0.15) is 5.56 Å². The van der Waals surface area contributed by atoms with Crippen LogP contribution in [0.5, 0.6) is 11.5 Å². The average molecular weight is 471 g/mol. The predicted octanol–water partition coefficient (Wildman–Crippen LogP) is 3.57. The average Bonchev–Trinajstić information content (AvgIpc) is 3.29. The number of benzene rings is 1. The van der Waals surface area contributed by atoms with E-state index in [4.69, 9.17) is 9.15 Å². The van der Waals surface area contributed by atoms with Crippen LogP contribution in [-0.4, -0.2) is 55.5 Å². The van der Waals surface area contributed by atoms with Crippen molar-refractivity contribution in [1.82, 2.24) is 10.2 Å². The molecule has 9 heteroatoms. The highest BCUT2D eigenvalue weighted by Gasteiger charge is 2.22. The Hall–Kier alpha value is -3.17. The van der Waals surface area contributed by atoms with Crippen LogP contribution in [0.25, 0.3) is 21.4 Å². The Morgan fingerprint density at radius 2 is 2.06 bits per heavy atom. The number of carbonyl (C=O) groups is 2. The molecule has 1 aromatic carbocycles. The van der Waals surface area contributed by atoms with Gasteiger partial charge in [0.2, 0.25) is 0 Å². The van der Waals surface area contributed by atoms with Crippen LogP contribution in [0.1, 0.15) is 44.9 Å². The molecule has 2 aromatic heterocycles. The zero-order chi connectivity index (χ0) is 23.5. The van der Waals surface area contributed by atoms with Crippen molar-refractivity contribution in [3.8, 4) is 21.9 Å². The molecule has 0 unspecified atom stereocenters. The van der Waals surface area contributed by atoms with E-state index in [0.717, 1.165) is 19.6 Å². The van der Waals surface area contributed by atoms with Gasteiger partial charge in [-0.25, -0.2) is 4.79 Å². The molecule has 0 saturated carbocycles. The Labute approximate surface area is 194 Å². The van der Waals surface area contributed by atoms with E-state index in [-0.39, 0.29) is 28.6 Å². The Bertz CT molecular complexity index is 1260. The number of nitrogens with one attached hydrogen (secondary N) is 1. The zero-order valence-electron chi connectivity index (χ0n) is 18.6. The number of hydrogen-bond donors (Lipinski definition) is 2. The molecule has 2 N–H and O–H groups in total. The number of carbonyl (C=O) groups excluding carboxylic acids is 2. The molecule has 1 aliphatic heterocycles. The van der Waals surface area contributed by atoms with Gasteiger partial charge in [-0.2, -0.15) is 0 Å². The summed E-state index contributed by atoms with van der Waals surface area (Å²) in [7, 11) is 1.38. The molecule has 0 radical (unpaired) electrons. The number of thiophene rings is 1. The number of piperidine rings is 1. The molecule has 3 aromatic rings. The molecule has 0 spiro atoms. The predicted molar refractivity (Wildman–Crippen MR) is 127 cm³/mol. The van der Waals surface area contributed by atoms with Crippen molar-refractivity contribution in [3.63, 3.8) is 0 Å². The lowest BCUT2D eigenvalue weighted by Gasteiger charge is -2.26. The number of nitrogens with zero attached hydrogens (tertiary/aromatic N) is 1. The van der Waals surface area contributed by atoms with Gasteiger partial charge in [0, 0.05) is 23.4 Å². The maximum atomic E-state index is 12.8. The van der Waals surface area contributed by atoms with E-state index in [0.29, 0.717) is 39.1 Å². The molecular weight excluding hydrogens is 444 g/mol. The lowest BCUT2D eigenvalue weighted by molar-refractivity contribution is 0.0950. The van der Waals surface area contributed by atoms with Crippen molar-refractivity contribution in [3.05, 3.63) is 44.6 Å². The molecule has 1 fully saturated rings. The molecule has 1 aliphatic rings. The minimum Gasteiger partial charge on any atom is -0.504 e. The van der Waals surface area contributed by atoms with Gasteiger partial charge in [-0.15, -0.1) is 11.3 Å². The number of likely N-dealkylation sites (tertiary alicyclic amines) is 1. The lowest BCUT2D eigenvalue weighted by atomic mass is 10.0. The smallest absolute Gasteiger partial charge is 0.345 e. The molecule has 8 nitrogen and oxygen atoms in total. The highest BCUT2D eigenvalue weighted by atomic mass is 32.1. The molecule has 1 saturated heterocycles.